The van der Waals surface area contributed by atoms with E-state index in [4.69, 9.17) is 21.1 Å². The molecule has 1 aliphatic rings. The number of carbonyl (C=O) groups excluding carboxylic acids is 1. The zero-order chi connectivity index (χ0) is 21.6. The summed E-state index contributed by atoms with van der Waals surface area (Å²) in [7, 11) is 1.60. The molecule has 10 heteroatoms. The zero-order valence-corrected chi connectivity index (χ0v) is 17.9. The van der Waals surface area contributed by atoms with E-state index in [-0.39, 0.29) is 12.5 Å². The van der Waals surface area contributed by atoms with Gasteiger partial charge in [0.1, 0.15) is 11.5 Å². The molecule has 0 N–H and O–H groups in total. The summed E-state index contributed by atoms with van der Waals surface area (Å²) in [5.41, 5.74) is 0.855. The third kappa shape index (κ3) is 5.31. The Hall–Kier alpha value is -3.17. The van der Waals surface area contributed by atoms with Gasteiger partial charge in [-0.25, -0.2) is 0 Å². The topological polar surface area (TPSA) is 85.6 Å². The maximum Gasteiger partial charge on any atom is 0.260 e. The lowest BCUT2D eigenvalue weighted by Crippen LogP contribution is -2.49. The number of halogens is 1. The van der Waals surface area contributed by atoms with Crippen LogP contribution in [-0.2, 0) is 11.3 Å². The Labute approximate surface area is 185 Å². The van der Waals surface area contributed by atoms with Gasteiger partial charge in [-0.3, -0.25) is 9.69 Å². The van der Waals surface area contributed by atoms with Crippen molar-refractivity contribution in [2.24, 2.45) is 0 Å². The smallest absolute Gasteiger partial charge is 0.260 e. The van der Waals surface area contributed by atoms with Gasteiger partial charge in [-0.1, -0.05) is 17.7 Å². The van der Waals surface area contributed by atoms with Crippen molar-refractivity contribution < 1.29 is 14.3 Å². The summed E-state index contributed by atoms with van der Waals surface area (Å²) in [5, 5.41) is 12.7. The fourth-order valence-electron chi connectivity index (χ4n) is 3.37. The number of rotatable bonds is 7. The summed E-state index contributed by atoms with van der Waals surface area (Å²) < 4.78 is 12.5. The Morgan fingerprint density at radius 1 is 1.06 bits per heavy atom. The Bertz CT molecular complexity index is 1020. The fourth-order valence-corrected chi connectivity index (χ4v) is 3.50. The third-order valence-corrected chi connectivity index (χ3v) is 5.35. The molecule has 0 bridgehead atoms. The third-order valence-electron chi connectivity index (χ3n) is 5.10. The van der Waals surface area contributed by atoms with Crippen LogP contribution in [0, 0.1) is 0 Å². The lowest BCUT2D eigenvalue weighted by Gasteiger charge is -2.34. The molecule has 0 radical (unpaired) electrons. The zero-order valence-electron chi connectivity index (χ0n) is 17.1. The van der Waals surface area contributed by atoms with Crippen LogP contribution in [0.4, 0.5) is 0 Å². The number of piperazine rings is 1. The lowest BCUT2D eigenvalue weighted by molar-refractivity contribution is -0.135. The standard InChI is InChI=1S/C21H23ClN6O3/c1-30-18-3-2-4-19(13-18)31-15-21(29)27-11-9-26(10-12-27)14-20-23-24-25-28(20)17-7-5-16(22)6-8-17/h2-8,13H,9-12,14-15H2,1H3. The average Bonchev–Trinajstić information content (AvgIpc) is 3.26. The fraction of sp³-hybridized carbons (Fsp3) is 0.333. The van der Waals surface area contributed by atoms with Crippen molar-refractivity contribution in [2.75, 3.05) is 39.9 Å². The van der Waals surface area contributed by atoms with Gasteiger partial charge in [0.05, 0.1) is 19.3 Å². The summed E-state index contributed by atoms with van der Waals surface area (Å²) in [6.45, 7) is 3.32. The Kier molecular flexibility index (Phi) is 6.63. The first-order valence-electron chi connectivity index (χ1n) is 9.92. The van der Waals surface area contributed by atoms with Gasteiger partial charge in [-0.2, -0.15) is 4.68 Å². The molecule has 31 heavy (non-hydrogen) atoms. The van der Waals surface area contributed by atoms with Crippen LogP contribution in [0.1, 0.15) is 5.82 Å². The van der Waals surface area contributed by atoms with E-state index in [0.717, 1.165) is 24.6 Å². The minimum Gasteiger partial charge on any atom is -0.497 e. The van der Waals surface area contributed by atoms with Crippen molar-refractivity contribution in [3.8, 4) is 17.2 Å². The molecule has 1 aliphatic heterocycles. The molecule has 2 heterocycles. The molecule has 3 aromatic rings. The molecular formula is C21H23ClN6O3. The number of carbonyl (C=O) groups is 1. The Morgan fingerprint density at radius 2 is 1.81 bits per heavy atom. The molecule has 1 saturated heterocycles. The minimum absolute atomic E-state index is 0.00196. The number of hydrogen-bond donors (Lipinski definition) is 0. The van der Waals surface area contributed by atoms with Crippen molar-refractivity contribution in [1.29, 1.82) is 0 Å². The molecule has 0 spiro atoms. The second-order valence-corrected chi connectivity index (χ2v) is 7.54. The number of nitrogens with zero attached hydrogens (tertiary/aromatic N) is 6. The largest absolute Gasteiger partial charge is 0.497 e. The van der Waals surface area contributed by atoms with E-state index >= 15 is 0 Å². The van der Waals surface area contributed by atoms with E-state index in [1.54, 1.807) is 36.1 Å². The van der Waals surface area contributed by atoms with Crippen molar-refractivity contribution in [1.82, 2.24) is 30.0 Å². The first-order chi connectivity index (χ1) is 15.1. The Morgan fingerprint density at radius 3 is 2.55 bits per heavy atom. The monoisotopic (exact) mass is 442 g/mol. The summed E-state index contributed by atoms with van der Waals surface area (Å²) in [4.78, 5) is 16.6. The molecule has 2 aromatic carbocycles. The summed E-state index contributed by atoms with van der Waals surface area (Å²) in [5.74, 6) is 2.01. The van der Waals surface area contributed by atoms with E-state index in [0.29, 0.717) is 36.2 Å². The minimum atomic E-state index is -0.0338. The molecule has 9 nitrogen and oxygen atoms in total. The molecule has 0 saturated carbocycles. The number of amides is 1. The first kappa shape index (κ1) is 21.1. The van der Waals surface area contributed by atoms with Gasteiger partial charge >= 0.3 is 0 Å². The van der Waals surface area contributed by atoms with Gasteiger partial charge in [0, 0.05) is 37.3 Å². The van der Waals surface area contributed by atoms with Gasteiger partial charge in [0.15, 0.2) is 12.4 Å². The molecule has 162 valence electrons. The van der Waals surface area contributed by atoms with Crippen LogP contribution in [0.5, 0.6) is 11.5 Å². The second kappa shape index (κ2) is 9.76. The summed E-state index contributed by atoms with van der Waals surface area (Å²) in [6, 6.07) is 14.6. The van der Waals surface area contributed by atoms with Crippen LogP contribution >= 0.6 is 11.6 Å². The SMILES string of the molecule is COc1cccc(OCC(=O)N2CCN(Cc3nnnn3-c3ccc(Cl)cc3)CC2)c1. The van der Waals surface area contributed by atoms with Crippen LogP contribution in [0.15, 0.2) is 48.5 Å². The van der Waals surface area contributed by atoms with E-state index in [1.165, 1.54) is 0 Å². The number of tetrazole rings is 1. The number of ether oxygens (including phenoxy) is 2. The average molecular weight is 443 g/mol. The molecule has 0 unspecified atom stereocenters. The second-order valence-electron chi connectivity index (χ2n) is 7.11. The van der Waals surface area contributed by atoms with Gasteiger partial charge in [-0.15, -0.1) is 5.10 Å². The molecule has 4 rings (SSSR count). The van der Waals surface area contributed by atoms with Gasteiger partial charge in [0.2, 0.25) is 0 Å². The highest BCUT2D eigenvalue weighted by Crippen LogP contribution is 2.19. The molecule has 1 amide bonds. The number of aromatic nitrogens is 4. The Balaban J connectivity index is 1.28. The summed E-state index contributed by atoms with van der Waals surface area (Å²) >= 11 is 5.96. The van der Waals surface area contributed by atoms with Crippen molar-refractivity contribution in [3.63, 3.8) is 0 Å². The molecular weight excluding hydrogens is 420 g/mol. The predicted octanol–water partition coefficient (Wildman–Crippen LogP) is 2.05. The van der Waals surface area contributed by atoms with Crippen LogP contribution in [0.2, 0.25) is 5.02 Å². The van der Waals surface area contributed by atoms with E-state index in [2.05, 4.69) is 20.4 Å². The number of hydrogen-bond acceptors (Lipinski definition) is 7. The highest BCUT2D eigenvalue weighted by Gasteiger charge is 2.23. The van der Waals surface area contributed by atoms with Gasteiger partial charge in [0.25, 0.3) is 5.91 Å². The van der Waals surface area contributed by atoms with E-state index in [1.807, 2.05) is 29.2 Å². The quantitative estimate of drug-likeness (QED) is 0.553. The summed E-state index contributed by atoms with van der Waals surface area (Å²) in [6.07, 6.45) is 0. The van der Waals surface area contributed by atoms with Crippen LogP contribution in [0.3, 0.4) is 0 Å². The van der Waals surface area contributed by atoms with Crippen molar-refractivity contribution in [2.45, 2.75) is 6.54 Å². The van der Waals surface area contributed by atoms with Gasteiger partial charge < -0.3 is 14.4 Å². The maximum absolute atomic E-state index is 12.5. The van der Waals surface area contributed by atoms with E-state index in [9.17, 15) is 4.79 Å². The molecule has 1 fully saturated rings. The van der Waals surface area contributed by atoms with Crippen LogP contribution in [-0.4, -0.2) is 75.8 Å². The van der Waals surface area contributed by atoms with Crippen LogP contribution in [0.25, 0.3) is 5.69 Å². The van der Waals surface area contributed by atoms with Crippen molar-refractivity contribution >= 4 is 17.5 Å². The van der Waals surface area contributed by atoms with Crippen molar-refractivity contribution in [3.05, 3.63) is 59.4 Å². The molecule has 0 aliphatic carbocycles. The van der Waals surface area contributed by atoms with Crippen LogP contribution < -0.4 is 9.47 Å². The van der Waals surface area contributed by atoms with E-state index < -0.39 is 0 Å². The number of benzene rings is 2. The van der Waals surface area contributed by atoms with Gasteiger partial charge in [-0.05, 0) is 46.8 Å². The lowest BCUT2D eigenvalue weighted by atomic mass is 10.3. The maximum atomic E-state index is 12.5. The number of methoxy groups -OCH3 is 1. The predicted molar refractivity (Wildman–Crippen MR) is 115 cm³/mol. The highest BCUT2D eigenvalue weighted by molar-refractivity contribution is 6.30. The normalized spacial score (nSPS) is 14.5. The molecule has 0 atom stereocenters. The first-order valence-corrected chi connectivity index (χ1v) is 10.3. The molecule has 1 aromatic heterocycles. The highest BCUT2D eigenvalue weighted by atomic mass is 35.5.